The molecule has 2 N–H and O–H groups in total. The van der Waals surface area contributed by atoms with E-state index < -0.39 is 0 Å². The van der Waals surface area contributed by atoms with Crippen LogP contribution < -0.4 is 5.32 Å². The van der Waals surface area contributed by atoms with Crippen LogP contribution in [0.3, 0.4) is 0 Å². The number of hydrogen-bond acceptors (Lipinski definition) is 4. The number of nitrogens with one attached hydrogen (secondary N) is 1. The topological polar surface area (TPSA) is 75.1 Å². The predicted octanol–water partition coefficient (Wildman–Crippen LogP) is 8.47. The quantitative estimate of drug-likeness (QED) is 0.285. The molecular formula is C35H47N3O2. The Kier molecular flexibility index (Phi) is 10.4. The molecule has 214 valence electrons. The lowest BCUT2D eigenvalue weighted by Crippen LogP contribution is -2.29. The molecule has 5 nitrogen and oxygen atoms in total. The van der Waals surface area contributed by atoms with Crippen molar-refractivity contribution in [2.45, 2.75) is 105 Å². The SMILES string of the molecule is CC.CCCC1CCCC(C)(Cc2nc3c(nc2NC(=O)CCCc2ccccc2)CCc2cc(O)ccc2-3)C1. The van der Waals surface area contributed by atoms with E-state index >= 15 is 0 Å². The molecule has 2 aromatic carbocycles. The zero-order chi connectivity index (χ0) is 28.5. The van der Waals surface area contributed by atoms with E-state index in [9.17, 15) is 9.90 Å². The largest absolute Gasteiger partial charge is 0.508 e. The van der Waals surface area contributed by atoms with Gasteiger partial charge in [-0.1, -0.05) is 83.7 Å². The minimum atomic E-state index is 0.00946. The number of benzene rings is 2. The summed E-state index contributed by atoms with van der Waals surface area (Å²) in [5.74, 6) is 1.71. The van der Waals surface area contributed by atoms with Crippen LogP contribution in [0.5, 0.6) is 5.75 Å². The number of anilines is 1. The summed E-state index contributed by atoms with van der Waals surface area (Å²) in [5.41, 5.74) is 6.32. The van der Waals surface area contributed by atoms with Crippen LogP contribution in [-0.4, -0.2) is 21.0 Å². The van der Waals surface area contributed by atoms with Gasteiger partial charge in [0.2, 0.25) is 5.91 Å². The summed E-state index contributed by atoms with van der Waals surface area (Å²) in [4.78, 5) is 23.3. The van der Waals surface area contributed by atoms with Gasteiger partial charge in [0.15, 0.2) is 5.82 Å². The summed E-state index contributed by atoms with van der Waals surface area (Å²) in [6, 6.07) is 15.9. The highest BCUT2D eigenvalue weighted by atomic mass is 16.3. The number of phenols is 1. The third-order valence-electron chi connectivity index (χ3n) is 8.45. The Hall–Kier alpha value is -3.21. The van der Waals surface area contributed by atoms with Gasteiger partial charge >= 0.3 is 0 Å². The van der Waals surface area contributed by atoms with E-state index in [1.165, 1.54) is 44.1 Å². The molecule has 0 radical (unpaired) electrons. The number of aromatic hydroxyl groups is 1. The molecule has 0 saturated heterocycles. The number of rotatable bonds is 9. The van der Waals surface area contributed by atoms with E-state index in [0.717, 1.165) is 66.2 Å². The first-order chi connectivity index (χ1) is 19.4. The van der Waals surface area contributed by atoms with Crippen molar-refractivity contribution in [3.63, 3.8) is 0 Å². The van der Waals surface area contributed by atoms with Crippen LogP contribution in [0.1, 0.15) is 102 Å². The third-order valence-corrected chi connectivity index (χ3v) is 8.45. The van der Waals surface area contributed by atoms with Gasteiger partial charge in [0.05, 0.1) is 17.1 Å². The van der Waals surface area contributed by atoms with Crippen LogP contribution in [0.4, 0.5) is 5.82 Å². The van der Waals surface area contributed by atoms with Crippen molar-refractivity contribution in [1.82, 2.24) is 9.97 Å². The van der Waals surface area contributed by atoms with Gasteiger partial charge in [0, 0.05) is 12.0 Å². The molecule has 0 bridgehead atoms. The summed E-state index contributed by atoms with van der Waals surface area (Å²) in [6.07, 6.45) is 12.0. The van der Waals surface area contributed by atoms with Gasteiger partial charge in [0.25, 0.3) is 0 Å². The van der Waals surface area contributed by atoms with Crippen molar-refractivity contribution in [1.29, 1.82) is 0 Å². The highest BCUT2D eigenvalue weighted by Gasteiger charge is 2.34. The summed E-state index contributed by atoms with van der Waals surface area (Å²) in [5, 5.41) is 13.2. The number of carbonyl (C=O) groups excluding carboxylic acids is 1. The Morgan fingerprint density at radius 3 is 2.67 bits per heavy atom. The Morgan fingerprint density at radius 2 is 1.90 bits per heavy atom. The molecular weight excluding hydrogens is 494 g/mol. The molecule has 1 fully saturated rings. The number of fused-ring (bicyclic) bond motifs is 3. The Morgan fingerprint density at radius 1 is 1.10 bits per heavy atom. The molecule has 1 amide bonds. The van der Waals surface area contributed by atoms with E-state index in [1.807, 2.05) is 44.2 Å². The first-order valence-electron chi connectivity index (χ1n) is 15.5. The number of aryl methyl sites for hydroxylation is 3. The molecule has 5 rings (SSSR count). The molecule has 40 heavy (non-hydrogen) atoms. The molecule has 1 heterocycles. The van der Waals surface area contributed by atoms with Gasteiger partial charge in [-0.05, 0) is 85.6 Å². The van der Waals surface area contributed by atoms with Crippen molar-refractivity contribution in [3.8, 4) is 17.0 Å². The summed E-state index contributed by atoms with van der Waals surface area (Å²) < 4.78 is 0. The zero-order valence-electron chi connectivity index (χ0n) is 24.9. The lowest BCUT2D eigenvalue weighted by molar-refractivity contribution is -0.116. The second-order valence-electron chi connectivity index (χ2n) is 11.8. The van der Waals surface area contributed by atoms with Crippen molar-refractivity contribution in [3.05, 3.63) is 71.0 Å². The van der Waals surface area contributed by atoms with E-state index in [2.05, 4.69) is 31.3 Å². The predicted molar refractivity (Wildman–Crippen MR) is 165 cm³/mol. The number of aromatic nitrogens is 2. The van der Waals surface area contributed by atoms with Gasteiger partial charge in [-0.15, -0.1) is 0 Å². The van der Waals surface area contributed by atoms with Gasteiger partial charge in [-0.25, -0.2) is 9.97 Å². The van der Waals surface area contributed by atoms with Crippen molar-refractivity contribution < 1.29 is 9.90 Å². The average Bonchev–Trinajstić information content (AvgIpc) is 2.95. The Balaban J connectivity index is 0.00000181. The second-order valence-corrected chi connectivity index (χ2v) is 11.8. The van der Waals surface area contributed by atoms with Crippen LogP contribution in [-0.2, 0) is 30.5 Å². The molecule has 0 spiro atoms. The lowest BCUT2D eigenvalue weighted by Gasteiger charge is -2.38. The summed E-state index contributed by atoms with van der Waals surface area (Å²) in [6.45, 7) is 8.68. The molecule has 1 saturated carbocycles. The van der Waals surface area contributed by atoms with Crippen LogP contribution in [0.25, 0.3) is 11.3 Å². The normalized spacial score (nSPS) is 19.6. The number of amides is 1. The Bertz CT molecular complexity index is 1270. The number of hydrogen-bond donors (Lipinski definition) is 2. The maximum absolute atomic E-state index is 13.1. The molecule has 3 aromatic rings. The molecule has 2 aliphatic rings. The van der Waals surface area contributed by atoms with E-state index in [0.29, 0.717) is 12.2 Å². The highest BCUT2D eigenvalue weighted by Crippen LogP contribution is 2.44. The van der Waals surface area contributed by atoms with E-state index in [-0.39, 0.29) is 17.1 Å². The first kappa shape index (κ1) is 29.8. The zero-order valence-corrected chi connectivity index (χ0v) is 24.9. The standard InChI is InChI=1S/C33H41N3O2.C2H6/c1-3-9-24-13-8-19-33(2,21-24)22-29-32(36-30(38)14-7-12-23-10-5-4-6-11-23)35-28-18-15-25-20-26(37)16-17-27(25)31(28)34-29;1-2/h4-6,10-11,16-17,20,24,37H,3,7-9,12-15,18-19,21-22H2,1-2H3,(H,35,36,38);1-2H3. The minimum Gasteiger partial charge on any atom is -0.508 e. The molecule has 5 heteroatoms. The molecule has 2 atom stereocenters. The monoisotopic (exact) mass is 541 g/mol. The fraction of sp³-hybridized carbons (Fsp3) is 0.514. The maximum Gasteiger partial charge on any atom is 0.225 e. The second kappa shape index (κ2) is 13.9. The highest BCUT2D eigenvalue weighted by molar-refractivity contribution is 5.90. The third kappa shape index (κ3) is 7.50. The average molecular weight is 542 g/mol. The van der Waals surface area contributed by atoms with Gasteiger partial charge in [-0.2, -0.15) is 0 Å². The molecule has 2 aliphatic carbocycles. The first-order valence-corrected chi connectivity index (χ1v) is 15.5. The number of nitrogens with zero attached hydrogens (tertiary/aromatic N) is 2. The van der Waals surface area contributed by atoms with Crippen molar-refractivity contribution in [2.75, 3.05) is 5.32 Å². The fourth-order valence-corrected chi connectivity index (χ4v) is 6.62. The molecule has 2 unspecified atom stereocenters. The van der Waals surface area contributed by atoms with E-state index in [1.54, 1.807) is 6.07 Å². The van der Waals surface area contributed by atoms with Crippen LogP contribution in [0.2, 0.25) is 0 Å². The van der Waals surface area contributed by atoms with Crippen LogP contribution >= 0.6 is 0 Å². The number of carbonyl (C=O) groups is 1. The van der Waals surface area contributed by atoms with E-state index in [4.69, 9.17) is 9.97 Å². The molecule has 1 aromatic heterocycles. The van der Waals surface area contributed by atoms with Gasteiger partial charge in [-0.3, -0.25) is 4.79 Å². The van der Waals surface area contributed by atoms with Gasteiger partial charge < -0.3 is 10.4 Å². The summed E-state index contributed by atoms with van der Waals surface area (Å²) in [7, 11) is 0. The van der Waals surface area contributed by atoms with Gasteiger partial charge in [0.1, 0.15) is 5.75 Å². The fourth-order valence-electron chi connectivity index (χ4n) is 6.62. The smallest absolute Gasteiger partial charge is 0.225 e. The maximum atomic E-state index is 13.1. The number of phenolic OH excluding ortho intramolecular Hbond substituents is 1. The lowest BCUT2D eigenvalue weighted by atomic mass is 9.67. The summed E-state index contributed by atoms with van der Waals surface area (Å²) >= 11 is 0. The van der Waals surface area contributed by atoms with Crippen LogP contribution in [0, 0.1) is 11.3 Å². The Labute approximate surface area is 240 Å². The van der Waals surface area contributed by atoms with Crippen LogP contribution in [0.15, 0.2) is 48.5 Å². The van der Waals surface area contributed by atoms with Crippen molar-refractivity contribution >= 4 is 11.7 Å². The van der Waals surface area contributed by atoms with Crippen molar-refractivity contribution in [2.24, 2.45) is 11.3 Å². The minimum absolute atomic E-state index is 0.00946. The molecule has 0 aliphatic heterocycles.